The third kappa shape index (κ3) is 4.78. The number of nitrogens with one attached hydrogen (secondary N) is 1. The van der Waals surface area contributed by atoms with Gasteiger partial charge in [0.05, 0.1) is 5.52 Å². The Balaban J connectivity index is 0.000000203. The van der Waals surface area contributed by atoms with Crippen LogP contribution < -0.4 is 5.32 Å². The van der Waals surface area contributed by atoms with Crippen molar-refractivity contribution in [2.24, 2.45) is 5.92 Å². The molecule has 0 saturated carbocycles. The van der Waals surface area contributed by atoms with E-state index in [9.17, 15) is 0 Å². The predicted octanol–water partition coefficient (Wildman–Crippen LogP) is 4.05. The van der Waals surface area contributed by atoms with E-state index in [0.717, 1.165) is 11.4 Å². The molecule has 0 bridgehead atoms. The van der Waals surface area contributed by atoms with Crippen LogP contribution >= 0.6 is 0 Å². The maximum absolute atomic E-state index is 4.81. The zero-order chi connectivity index (χ0) is 16.8. The van der Waals surface area contributed by atoms with E-state index >= 15 is 0 Å². The summed E-state index contributed by atoms with van der Waals surface area (Å²) in [5, 5.41) is 4.57. The molecule has 0 radical (unpaired) electrons. The molecule has 4 rings (SSSR count). The average Bonchev–Trinajstić information content (AvgIpc) is 2.63. The van der Waals surface area contributed by atoms with Gasteiger partial charge in [-0.15, -0.1) is 0 Å². The van der Waals surface area contributed by atoms with Gasteiger partial charge in [-0.3, -0.25) is 4.98 Å². The van der Waals surface area contributed by atoms with Crippen molar-refractivity contribution in [2.45, 2.75) is 38.5 Å². The largest absolute Gasteiger partial charge is 0.316 e. The van der Waals surface area contributed by atoms with Gasteiger partial charge in [-0.05, 0) is 77.0 Å². The SMILES string of the molecule is CC1CCCNC1.CN1CCC(c2ccc3ccccc3n2)CC1. The van der Waals surface area contributed by atoms with Crippen LogP contribution in [0.3, 0.4) is 0 Å². The fourth-order valence-electron chi connectivity index (χ4n) is 3.64. The Kier molecular flexibility index (Phi) is 6.22. The van der Waals surface area contributed by atoms with Gasteiger partial charge in [-0.2, -0.15) is 0 Å². The lowest BCUT2D eigenvalue weighted by Gasteiger charge is -2.28. The number of likely N-dealkylation sites (tertiary alicyclic amines) is 1. The molecule has 1 aromatic carbocycles. The fraction of sp³-hybridized carbons (Fsp3) is 0.571. The van der Waals surface area contributed by atoms with Gasteiger partial charge in [0, 0.05) is 17.0 Å². The van der Waals surface area contributed by atoms with Crippen LogP contribution in [-0.4, -0.2) is 43.1 Å². The topological polar surface area (TPSA) is 28.2 Å². The fourth-order valence-corrected chi connectivity index (χ4v) is 3.64. The first-order chi connectivity index (χ1) is 11.7. The number of nitrogens with zero attached hydrogens (tertiary/aromatic N) is 2. The summed E-state index contributed by atoms with van der Waals surface area (Å²) in [6.07, 6.45) is 5.28. The van der Waals surface area contributed by atoms with Gasteiger partial charge in [0.1, 0.15) is 0 Å². The van der Waals surface area contributed by atoms with Gasteiger partial charge < -0.3 is 10.2 Å². The van der Waals surface area contributed by atoms with E-state index in [0.29, 0.717) is 5.92 Å². The Labute approximate surface area is 146 Å². The molecule has 0 aliphatic carbocycles. The second-order valence-corrected chi connectivity index (χ2v) is 7.46. The molecule has 1 unspecified atom stereocenters. The highest BCUT2D eigenvalue weighted by Crippen LogP contribution is 2.27. The van der Waals surface area contributed by atoms with Gasteiger partial charge >= 0.3 is 0 Å². The van der Waals surface area contributed by atoms with Crippen molar-refractivity contribution < 1.29 is 0 Å². The van der Waals surface area contributed by atoms with Crippen LogP contribution in [-0.2, 0) is 0 Å². The van der Waals surface area contributed by atoms with Crippen molar-refractivity contribution in [1.82, 2.24) is 15.2 Å². The standard InChI is InChI=1S/C15H18N2.C6H13N/c1-17-10-8-13(9-11-17)15-7-6-12-4-2-3-5-14(12)16-15;1-6-3-2-4-7-5-6/h2-7,13H,8-11H2,1H3;6-7H,2-5H2,1H3. The monoisotopic (exact) mass is 325 g/mol. The Hall–Kier alpha value is -1.45. The van der Waals surface area contributed by atoms with E-state index in [-0.39, 0.29) is 0 Å². The number of pyridine rings is 1. The number of para-hydroxylation sites is 1. The highest BCUT2D eigenvalue weighted by Gasteiger charge is 2.19. The minimum atomic E-state index is 0.649. The lowest BCUT2D eigenvalue weighted by Crippen LogP contribution is -2.29. The molecule has 3 nitrogen and oxygen atoms in total. The third-order valence-electron chi connectivity index (χ3n) is 5.30. The highest BCUT2D eigenvalue weighted by molar-refractivity contribution is 5.78. The Morgan fingerprint density at radius 3 is 2.50 bits per heavy atom. The number of piperidine rings is 2. The molecule has 1 atom stereocenters. The highest BCUT2D eigenvalue weighted by atomic mass is 15.1. The van der Waals surface area contributed by atoms with Gasteiger partial charge in [0.15, 0.2) is 0 Å². The van der Waals surface area contributed by atoms with Crippen LogP contribution in [0.5, 0.6) is 0 Å². The third-order valence-corrected chi connectivity index (χ3v) is 5.30. The first-order valence-electron chi connectivity index (χ1n) is 9.47. The molecule has 0 amide bonds. The van der Waals surface area contributed by atoms with E-state index in [1.807, 2.05) is 0 Å². The Bertz CT molecular complexity index is 626. The number of fused-ring (bicyclic) bond motifs is 1. The number of hydrogen-bond donors (Lipinski definition) is 1. The summed E-state index contributed by atoms with van der Waals surface area (Å²) in [6, 6.07) is 12.8. The summed E-state index contributed by atoms with van der Waals surface area (Å²) < 4.78 is 0. The molecule has 2 saturated heterocycles. The maximum atomic E-state index is 4.81. The van der Waals surface area contributed by atoms with Crippen molar-refractivity contribution in [3.8, 4) is 0 Å². The second-order valence-electron chi connectivity index (χ2n) is 7.46. The smallest absolute Gasteiger partial charge is 0.0705 e. The quantitative estimate of drug-likeness (QED) is 0.857. The van der Waals surface area contributed by atoms with Gasteiger partial charge in [0.2, 0.25) is 0 Å². The molecular weight excluding hydrogens is 294 g/mol. The van der Waals surface area contributed by atoms with Crippen LogP contribution in [0.4, 0.5) is 0 Å². The van der Waals surface area contributed by atoms with E-state index in [1.54, 1.807) is 0 Å². The molecule has 2 aliphatic heterocycles. The van der Waals surface area contributed by atoms with Crippen LogP contribution in [0.2, 0.25) is 0 Å². The number of rotatable bonds is 1. The van der Waals surface area contributed by atoms with Crippen molar-refractivity contribution >= 4 is 10.9 Å². The summed E-state index contributed by atoms with van der Waals surface area (Å²) in [6.45, 7) is 7.16. The number of benzene rings is 1. The van der Waals surface area contributed by atoms with Crippen molar-refractivity contribution in [3.05, 3.63) is 42.1 Å². The van der Waals surface area contributed by atoms with Crippen LogP contribution in [0, 0.1) is 5.92 Å². The molecule has 24 heavy (non-hydrogen) atoms. The van der Waals surface area contributed by atoms with E-state index in [2.05, 4.69) is 60.6 Å². The first kappa shape index (κ1) is 17.4. The van der Waals surface area contributed by atoms with Gasteiger partial charge in [-0.1, -0.05) is 31.2 Å². The summed E-state index contributed by atoms with van der Waals surface area (Å²) in [5.74, 6) is 1.57. The average molecular weight is 326 g/mol. The summed E-state index contributed by atoms with van der Waals surface area (Å²) in [4.78, 5) is 7.21. The molecule has 130 valence electrons. The Morgan fingerprint density at radius 1 is 1.04 bits per heavy atom. The molecule has 1 N–H and O–H groups in total. The predicted molar refractivity (Wildman–Crippen MR) is 102 cm³/mol. The maximum Gasteiger partial charge on any atom is 0.0705 e. The number of aromatic nitrogens is 1. The van der Waals surface area contributed by atoms with Crippen molar-refractivity contribution in [3.63, 3.8) is 0 Å². The minimum Gasteiger partial charge on any atom is -0.316 e. The lowest BCUT2D eigenvalue weighted by atomic mass is 9.93. The summed E-state index contributed by atoms with van der Waals surface area (Å²) in [7, 11) is 2.20. The molecule has 2 aromatic rings. The van der Waals surface area contributed by atoms with Crippen LogP contribution in [0.25, 0.3) is 10.9 Å². The minimum absolute atomic E-state index is 0.649. The summed E-state index contributed by atoms with van der Waals surface area (Å²) >= 11 is 0. The molecular formula is C21H31N3. The van der Waals surface area contributed by atoms with Crippen LogP contribution in [0.1, 0.15) is 44.2 Å². The molecule has 2 aliphatic rings. The van der Waals surface area contributed by atoms with Crippen LogP contribution in [0.15, 0.2) is 36.4 Å². The first-order valence-corrected chi connectivity index (χ1v) is 9.47. The zero-order valence-corrected chi connectivity index (χ0v) is 15.2. The van der Waals surface area contributed by atoms with E-state index in [1.165, 1.54) is 62.9 Å². The summed E-state index contributed by atoms with van der Waals surface area (Å²) in [5.41, 5.74) is 2.40. The van der Waals surface area contributed by atoms with Gasteiger partial charge in [0.25, 0.3) is 0 Å². The Morgan fingerprint density at radius 2 is 1.83 bits per heavy atom. The van der Waals surface area contributed by atoms with Crippen molar-refractivity contribution in [1.29, 1.82) is 0 Å². The lowest BCUT2D eigenvalue weighted by molar-refractivity contribution is 0.253. The van der Waals surface area contributed by atoms with E-state index in [4.69, 9.17) is 4.98 Å². The van der Waals surface area contributed by atoms with E-state index < -0.39 is 0 Å². The molecule has 3 heterocycles. The second kappa shape index (κ2) is 8.59. The van der Waals surface area contributed by atoms with Crippen molar-refractivity contribution in [2.75, 3.05) is 33.2 Å². The molecule has 0 spiro atoms. The normalized spacial score (nSPS) is 22.8. The number of hydrogen-bond acceptors (Lipinski definition) is 3. The van der Waals surface area contributed by atoms with Gasteiger partial charge in [-0.25, -0.2) is 0 Å². The molecule has 1 aromatic heterocycles. The molecule has 2 fully saturated rings. The molecule has 3 heteroatoms. The zero-order valence-electron chi connectivity index (χ0n) is 15.2.